The number of amides is 3. The van der Waals surface area contributed by atoms with Crippen LogP contribution in [-0.4, -0.2) is 76.4 Å². The van der Waals surface area contributed by atoms with E-state index in [4.69, 9.17) is 4.74 Å². The minimum Gasteiger partial charge on any atom is -0.452 e. The third kappa shape index (κ3) is 6.54. The summed E-state index contributed by atoms with van der Waals surface area (Å²) in [6, 6.07) is 10.00. The van der Waals surface area contributed by atoms with Gasteiger partial charge in [-0.2, -0.15) is 0 Å². The van der Waals surface area contributed by atoms with Crippen molar-refractivity contribution in [2.24, 2.45) is 13.0 Å². The SMILES string of the molecule is Cn1cc(C=C2Oc3ccc(NC(=O)Nc4cccnc4)cc3C2=O)c2c(N3CCC(C(=O)NCCN4CCCC4)CC3)ccnc21. The number of ketones is 1. The molecule has 0 bridgehead atoms. The van der Waals surface area contributed by atoms with Crippen LogP contribution in [0.2, 0.25) is 0 Å². The lowest BCUT2D eigenvalue weighted by Gasteiger charge is -2.33. The molecule has 47 heavy (non-hydrogen) atoms. The topological polar surface area (TPSA) is 134 Å². The molecular weight excluding hydrogens is 596 g/mol. The summed E-state index contributed by atoms with van der Waals surface area (Å²) in [6.07, 6.45) is 12.7. The third-order valence-electron chi connectivity index (χ3n) is 9.13. The van der Waals surface area contributed by atoms with Crippen LogP contribution in [0, 0.1) is 5.92 Å². The first-order valence-corrected chi connectivity index (χ1v) is 16.2. The fourth-order valence-electron chi connectivity index (χ4n) is 6.70. The molecule has 12 nitrogen and oxygen atoms in total. The highest BCUT2D eigenvalue weighted by Crippen LogP contribution is 2.37. The van der Waals surface area contributed by atoms with Crippen LogP contribution in [0.25, 0.3) is 17.1 Å². The lowest BCUT2D eigenvalue weighted by Crippen LogP contribution is -2.42. The molecule has 0 aliphatic carbocycles. The molecule has 3 N–H and O–H groups in total. The number of nitrogens with one attached hydrogen (secondary N) is 3. The predicted molar refractivity (Wildman–Crippen MR) is 181 cm³/mol. The standard InChI is InChI=1S/C35H38N8O4/c1-41-22-24(19-30-32(44)27-20-25(6-7-29(27)47-30)39-35(46)40-26-5-4-11-36-21-26)31-28(8-12-37-33(31)41)43-16-9-23(10-17-43)34(45)38-13-18-42-14-2-3-15-42/h4-8,11-12,19-23H,2-3,9-10,13-18H2,1H3,(H,38,45)(H2,39,40,46). The summed E-state index contributed by atoms with van der Waals surface area (Å²) in [7, 11) is 1.93. The van der Waals surface area contributed by atoms with Gasteiger partial charge in [0.05, 0.1) is 17.4 Å². The predicted octanol–water partition coefficient (Wildman–Crippen LogP) is 4.66. The number of anilines is 3. The Labute approximate surface area is 272 Å². The number of benzene rings is 1. The number of carbonyl (C=O) groups is 3. The summed E-state index contributed by atoms with van der Waals surface area (Å²) in [5.74, 6) is 0.513. The molecule has 2 saturated heterocycles. The zero-order chi connectivity index (χ0) is 32.3. The quantitative estimate of drug-likeness (QED) is 0.239. The first-order valence-electron chi connectivity index (χ1n) is 16.2. The molecule has 6 heterocycles. The minimum absolute atomic E-state index is 0.00309. The van der Waals surface area contributed by atoms with Crippen LogP contribution in [0.4, 0.5) is 21.9 Å². The number of rotatable bonds is 8. The van der Waals surface area contributed by atoms with E-state index in [-0.39, 0.29) is 23.4 Å². The Bertz CT molecular complexity index is 1840. The molecule has 12 heteroatoms. The van der Waals surface area contributed by atoms with Gasteiger partial charge in [0.25, 0.3) is 0 Å². The van der Waals surface area contributed by atoms with Crippen molar-refractivity contribution in [3.8, 4) is 5.75 Å². The molecule has 3 amide bonds. The number of urea groups is 1. The Morgan fingerprint density at radius 1 is 1.02 bits per heavy atom. The first kappa shape index (κ1) is 30.4. The molecule has 0 radical (unpaired) electrons. The highest BCUT2D eigenvalue weighted by Gasteiger charge is 2.30. The van der Waals surface area contributed by atoms with Gasteiger partial charge in [0.15, 0.2) is 5.76 Å². The number of hydrogen-bond acceptors (Lipinski definition) is 8. The van der Waals surface area contributed by atoms with Crippen LogP contribution < -0.4 is 25.6 Å². The average Bonchev–Trinajstić information content (AvgIpc) is 3.80. The van der Waals surface area contributed by atoms with E-state index in [0.29, 0.717) is 29.2 Å². The lowest BCUT2D eigenvalue weighted by atomic mass is 9.95. The fraction of sp³-hybridized carbons (Fsp3) is 0.343. The molecule has 3 aromatic heterocycles. The van der Waals surface area contributed by atoms with Gasteiger partial charge in [-0.25, -0.2) is 9.78 Å². The van der Waals surface area contributed by atoms with Crippen molar-refractivity contribution in [1.29, 1.82) is 0 Å². The van der Waals surface area contributed by atoms with Crippen molar-refractivity contribution >= 4 is 51.9 Å². The number of likely N-dealkylation sites (tertiary alicyclic amines) is 1. The highest BCUT2D eigenvalue weighted by atomic mass is 16.5. The van der Waals surface area contributed by atoms with Gasteiger partial charge in [-0.1, -0.05) is 0 Å². The Morgan fingerprint density at radius 3 is 2.62 bits per heavy atom. The molecule has 3 aliphatic rings. The van der Waals surface area contributed by atoms with Crippen LogP contribution in [0.5, 0.6) is 5.75 Å². The fourth-order valence-corrected chi connectivity index (χ4v) is 6.70. The van der Waals surface area contributed by atoms with Crippen molar-refractivity contribution < 1.29 is 19.1 Å². The van der Waals surface area contributed by atoms with Crippen molar-refractivity contribution in [2.75, 3.05) is 54.8 Å². The molecule has 3 aliphatic heterocycles. The molecule has 242 valence electrons. The summed E-state index contributed by atoms with van der Waals surface area (Å²) >= 11 is 0. The molecule has 0 unspecified atom stereocenters. The zero-order valence-corrected chi connectivity index (χ0v) is 26.4. The largest absolute Gasteiger partial charge is 0.452 e. The maximum atomic E-state index is 13.5. The highest BCUT2D eigenvalue weighted by molar-refractivity contribution is 6.16. The van der Waals surface area contributed by atoms with E-state index in [0.717, 1.165) is 67.8 Å². The summed E-state index contributed by atoms with van der Waals surface area (Å²) < 4.78 is 7.96. The van der Waals surface area contributed by atoms with Gasteiger partial charge in [0.2, 0.25) is 11.7 Å². The van der Waals surface area contributed by atoms with Gasteiger partial charge in [-0.05, 0) is 81.2 Å². The van der Waals surface area contributed by atoms with Gasteiger partial charge in [-0.3, -0.25) is 14.6 Å². The van der Waals surface area contributed by atoms with E-state index < -0.39 is 6.03 Å². The Morgan fingerprint density at radius 2 is 1.83 bits per heavy atom. The number of ether oxygens (including phenoxy) is 1. The lowest BCUT2D eigenvalue weighted by molar-refractivity contribution is -0.125. The zero-order valence-electron chi connectivity index (χ0n) is 26.4. The molecule has 0 saturated carbocycles. The van der Waals surface area contributed by atoms with Crippen LogP contribution in [-0.2, 0) is 11.8 Å². The van der Waals surface area contributed by atoms with E-state index in [1.165, 1.54) is 12.8 Å². The number of piperidine rings is 1. The van der Waals surface area contributed by atoms with Crippen LogP contribution in [0.3, 0.4) is 0 Å². The number of pyridine rings is 2. The second-order valence-corrected chi connectivity index (χ2v) is 12.3. The van der Waals surface area contributed by atoms with E-state index in [1.54, 1.807) is 55.0 Å². The number of aryl methyl sites for hydroxylation is 1. The van der Waals surface area contributed by atoms with Crippen LogP contribution >= 0.6 is 0 Å². The Kier molecular flexibility index (Phi) is 8.58. The Balaban J connectivity index is 1.04. The van der Waals surface area contributed by atoms with Gasteiger partial charge >= 0.3 is 6.03 Å². The molecule has 0 spiro atoms. The average molecular weight is 635 g/mol. The monoisotopic (exact) mass is 634 g/mol. The second kappa shape index (κ2) is 13.2. The smallest absolute Gasteiger partial charge is 0.323 e. The maximum absolute atomic E-state index is 13.5. The van der Waals surface area contributed by atoms with E-state index in [9.17, 15) is 14.4 Å². The van der Waals surface area contributed by atoms with Gasteiger partial charge in [-0.15, -0.1) is 0 Å². The maximum Gasteiger partial charge on any atom is 0.323 e. The Hall–Kier alpha value is -5.23. The van der Waals surface area contributed by atoms with Gasteiger partial charge in [0, 0.05) is 80.1 Å². The van der Waals surface area contributed by atoms with Gasteiger partial charge < -0.3 is 35.1 Å². The summed E-state index contributed by atoms with van der Waals surface area (Å²) in [5.41, 5.74) is 4.02. The van der Waals surface area contributed by atoms with E-state index >= 15 is 0 Å². The molecular formula is C35H38N8O4. The minimum atomic E-state index is -0.446. The van der Waals surface area contributed by atoms with Gasteiger partial charge in [0.1, 0.15) is 11.4 Å². The summed E-state index contributed by atoms with van der Waals surface area (Å²) in [4.78, 5) is 52.2. The van der Waals surface area contributed by atoms with Crippen molar-refractivity contribution in [2.45, 2.75) is 25.7 Å². The molecule has 4 aromatic rings. The molecule has 7 rings (SSSR count). The number of allylic oxidation sites excluding steroid dienone is 1. The first-order chi connectivity index (χ1) is 22.9. The summed E-state index contributed by atoms with van der Waals surface area (Å²) in [6.45, 7) is 5.39. The normalized spacial score (nSPS) is 17.6. The van der Waals surface area contributed by atoms with Crippen molar-refractivity contribution in [1.82, 2.24) is 24.8 Å². The van der Waals surface area contributed by atoms with Crippen LogP contribution in [0.1, 0.15) is 41.6 Å². The summed E-state index contributed by atoms with van der Waals surface area (Å²) in [5, 5.41) is 9.56. The second-order valence-electron chi connectivity index (χ2n) is 12.3. The molecule has 1 aromatic carbocycles. The third-order valence-corrected chi connectivity index (χ3v) is 9.13. The van der Waals surface area contributed by atoms with Crippen molar-refractivity contribution in [3.05, 3.63) is 78.1 Å². The number of carbonyl (C=O) groups excluding carboxylic acids is 3. The number of hydrogen-bond donors (Lipinski definition) is 3. The van der Waals surface area contributed by atoms with E-state index in [2.05, 4.69) is 35.7 Å². The molecule has 2 fully saturated rings. The number of Topliss-reactive ketones (excluding diaryl/α,β-unsaturated/α-hetero) is 1. The van der Waals surface area contributed by atoms with E-state index in [1.807, 2.05) is 23.9 Å². The number of aromatic nitrogens is 3. The number of nitrogens with zero attached hydrogens (tertiary/aromatic N) is 5. The number of fused-ring (bicyclic) bond motifs is 2. The van der Waals surface area contributed by atoms with Crippen LogP contribution in [0.15, 0.2) is 66.9 Å². The molecule has 0 atom stereocenters. The van der Waals surface area contributed by atoms with Crippen molar-refractivity contribution in [3.63, 3.8) is 0 Å².